The van der Waals surface area contributed by atoms with Gasteiger partial charge in [0.1, 0.15) is 0 Å². The van der Waals surface area contributed by atoms with Gasteiger partial charge in [-0.25, -0.2) is 0 Å². The predicted octanol–water partition coefficient (Wildman–Crippen LogP) is 2.44. The van der Waals surface area contributed by atoms with Crippen molar-refractivity contribution in [1.82, 2.24) is 10.2 Å². The Morgan fingerprint density at radius 2 is 1.95 bits per heavy atom. The van der Waals surface area contributed by atoms with Gasteiger partial charge in [0.25, 0.3) is 0 Å². The van der Waals surface area contributed by atoms with Crippen LogP contribution in [-0.4, -0.2) is 44.8 Å². The maximum absolute atomic E-state index is 5.03. The van der Waals surface area contributed by atoms with Gasteiger partial charge >= 0.3 is 0 Å². The zero-order valence-electron chi connectivity index (χ0n) is 12.8. The molecule has 0 aliphatic rings. The van der Waals surface area contributed by atoms with Crippen LogP contribution < -0.4 is 5.32 Å². The molecule has 1 unspecified atom stereocenters. The van der Waals surface area contributed by atoms with Crippen molar-refractivity contribution >= 4 is 0 Å². The Morgan fingerprint density at radius 1 is 1.26 bits per heavy atom. The molecule has 0 aromatic heterocycles. The lowest BCUT2D eigenvalue weighted by atomic mass is 10.1. The summed E-state index contributed by atoms with van der Waals surface area (Å²) in [5.74, 6) is 0. The van der Waals surface area contributed by atoms with E-state index in [1.54, 1.807) is 7.11 Å². The van der Waals surface area contributed by atoms with Gasteiger partial charge in [-0.05, 0) is 39.4 Å². The second-order valence-electron chi connectivity index (χ2n) is 5.30. The van der Waals surface area contributed by atoms with Crippen molar-refractivity contribution in [3.63, 3.8) is 0 Å². The summed E-state index contributed by atoms with van der Waals surface area (Å²) in [6, 6.07) is 9.31. The second kappa shape index (κ2) is 9.08. The molecule has 3 heteroatoms. The standard InChI is InChI=1S/C16H28N2O/c1-14-6-8-16(9-7-14)13-18(3)15(2)12-17-10-5-11-19-4/h6-9,15,17H,5,10-13H2,1-4H3. The molecular weight excluding hydrogens is 236 g/mol. The maximum atomic E-state index is 5.03. The Bertz CT molecular complexity index is 337. The number of methoxy groups -OCH3 is 1. The number of hydrogen-bond donors (Lipinski definition) is 1. The molecule has 0 amide bonds. The Kier molecular flexibility index (Phi) is 7.72. The van der Waals surface area contributed by atoms with E-state index >= 15 is 0 Å². The van der Waals surface area contributed by atoms with Crippen LogP contribution >= 0.6 is 0 Å². The summed E-state index contributed by atoms with van der Waals surface area (Å²) in [6.07, 6.45) is 1.07. The molecule has 1 aromatic carbocycles. The molecule has 0 aliphatic carbocycles. The molecule has 0 radical (unpaired) electrons. The van der Waals surface area contributed by atoms with Crippen LogP contribution in [0.1, 0.15) is 24.5 Å². The quantitative estimate of drug-likeness (QED) is 0.693. The van der Waals surface area contributed by atoms with E-state index in [-0.39, 0.29) is 0 Å². The van der Waals surface area contributed by atoms with Gasteiger partial charge in [0.2, 0.25) is 0 Å². The molecule has 19 heavy (non-hydrogen) atoms. The van der Waals surface area contributed by atoms with Crippen molar-refractivity contribution in [2.45, 2.75) is 32.9 Å². The Hall–Kier alpha value is -0.900. The maximum Gasteiger partial charge on any atom is 0.0474 e. The van der Waals surface area contributed by atoms with Crippen molar-refractivity contribution < 1.29 is 4.74 Å². The number of likely N-dealkylation sites (N-methyl/N-ethyl adjacent to an activating group) is 1. The van der Waals surface area contributed by atoms with E-state index in [0.29, 0.717) is 6.04 Å². The highest BCUT2D eigenvalue weighted by molar-refractivity contribution is 5.21. The number of aryl methyl sites for hydroxylation is 1. The molecule has 0 aliphatic heterocycles. The van der Waals surface area contributed by atoms with Crippen molar-refractivity contribution in [2.75, 3.05) is 33.9 Å². The van der Waals surface area contributed by atoms with Crippen molar-refractivity contribution in [1.29, 1.82) is 0 Å². The average Bonchev–Trinajstić information content (AvgIpc) is 2.41. The molecule has 0 fully saturated rings. The minimum absolute atomic E-state index is 0.531. The van der Waals surface area contributed by atoms with Crippen LogP contribution in [0.25, 0.3) is 0 Å². The summed E-state index contributed by atoms with van der Waals surface area (Å²) < 4.78 is 5.03. The number of nitrogens with one attached hydrogen (secondary N) is 1. The zero-order chi connectivity index (χ0) is 14.1. The Balaban J connectivity index is 2.24. The van der Waals surface area contributed by atoms with E-state index in [2.05, 4.69) is 55.4 Å². The summed E-state index contributed by atoms with van der Waals surface area (Å²) in [6.45, 7) is 8.27. The van der Waals surface area contributed by atoms with E-state index in [1.807, 2.05) is 0 Å². The highest BCUT2D eigenvalue weighted by Gasteiger charge is 2.08. The third kappa shape index (κ3) is 6.71. The smallest absolute Gasteiger partial charge is 0.0474 e. The molecule has 1 N–H and O–H groups in total. The van der Waals surface area contributed by atoms with Crippen LogP contribution in [0, 0.1) is 6.92 Å². The first-order chi connectivity index (χ1) is 9.13. The van der Waals surface area contributed by atoms with E-state index in [4.69, 9.17) is 4.74 Å². The third-order valence-electron chi connectivity index (χ3n) is 3.45. The fourth-order valence-corrected chi connectivity index (χ4v) is 1.95. The lowest BCUT2D eigenvalue weighted by molar-refractivity contribution is 0.191. The lowest BCUT2D eigenvalue weighted by Gasteiger charge is -2.25. The molecule has 0 saturated heterocycles. The average molecular weight is 264 g/mol. The third-order valence-corrected chi connectivity index (χ3v) is 3.45. The van der Waals surface area contributed by atoms with Crippen LogP contribution in [0.2, 0.25) is 0 Å². The van der Waals surface area contributed by atoms with Crippen molar-refractivity contribution in [2.24, 2.45) is 0 Å². The van der Waals surface area contributed by atoms with Gasteiger partial charge < -0.3 is 10.1 Å². The van der Waals surface area contributed by atoms with Crippen LogP contribution in [0.3, 0.4) is 0 Å². The van der Waals surface area contributed by atoms with Gasteiger partial charge in [0, 0.05) is 32.8 Å². The van der Waals surface area contributed by atoms with Gasteiger partial charge in [-0.2, -0.15) is 0 Å². The monoisotopic (exact) mass is 264 g/mol. The summed E-state index contributed by atoms with van der Waals surface area (Å²) >= 11 is 0. The van der Waals surface area contributed by atoms with Gasteiger partial charge in [-0.15, -0.1) is 0 Å². The molecular formula is C16H28N2O. The first-order valence-electron chi connectivity index (χ1n) is 7.09. The summed E-state index contributed by atoms with van der Waals surface area (Å²) in [5, 5.41) is 3.47. The Labute approximate surface area is 118 Å². The van der Waals surface area contributed by atoms with Crippen LogP contribution in [0.15, 0.2) is 24.3 Å². The number of hydrogen-bond acceptors (Lipinski definition) is 3. The van der Waals surface area contributed by atoms with Crippen LogP contribution in [0.4, 0.5) is 0 Å². The Morgan fingerprint density at radius 3 is 2.58 bits per heavy atom. The van der Waals surface area contributed by atoms with Crippen LogP contribution in [-0.2, 0) is 11.3 Å². The predicted molar refractivity (Wildman–Crippen MR) is 81.5 cm³/mol. The molecule has 0 spiro atoms. The minimum Gasteiger partial charge on any atom is -0.385 e. The molecule has 1 aromatic rings. The summed E-state index contributed by atoms with van der Waals surface area (Å²) in [4.78, 5) is 2.38. The molecule has 1 rings (SSSR count). The number of ether oxygens (including phenoxy) is 1. The highest BCUT2D eigenvalue weighted by atomic mass is 16.5. The second-order valence-corrected chi connectivity index (χ2v) is 5.30. The SMILES string of the molecule is COCCCNCC(C)N(C)Cc1ccc(C)cc1. The fraction of sp³-hybridized carbons (Fsp3) is 0.625. The van der Waals surface area contributed by atoms with Gasteiger partial charge in [-0.1, -0.05) is 29.8 Å². The fourth-order valence-electron chi connectivity index (χ4n) is 1.95. The van der Waals surface area contributed by atoms with E-state index in [0.717, 1.165) is 32.7 Å². The summed E-state index contributed by atoms with van der Waals surface area (Å²) in [5.41, 5.74) is 2.69. The molecule has 0 bridgehead atoms. The van der Waals surface area contributed by atoms with Gasteiger partial charge in [0.15, 0.2) is 0 Å². The molecule has 108 valence electrons. The van der Waals surface area contributed by atoms with E-state index in [1.165, 1.54) is 11.1 Å². The van der Waals surface area contributed by atoms with Crippen molar-refractivity contribution in [3.8, 4) is 0 Å². The van der Waals surface area contributed by atoms with E-state index < -0.39 is 0 Å². The largest absolute Gasteiger partial charge is 0.385 e. The highest BCUT2D eigenvalue weighted by Crippen LogP contribution is 2.07. The molecule has 1 atom stereocenters. The molecule has 0 saturated carbocycles. The first kappa shape index (κ1) is 16.2. The first-order valence-corrected chi connectivity index (χ1v) is 7.09. The van der Waals surface area contributed by atoms with Gasteiger partial charge in [-0.3, -0.25) is 4.90 Å². The number of nitrogens with zero attached hydrogens (tertiary/aromatic N) is 1. The molecule has 3 nitrogen and oxygen atoms in total. The minimum atomic E-state index is 0.531. The van der Waals surface area contributed by atoms with Crippen molar-refractivity contribution in [3.05, 3.63) is 35.4 Å². The van der Waals surface area contributed by atoms with Gasteiger partial charge in [0.05, 0.1) is 0 Å². The van der Waals surface area contributed by atoms with Crippen LogP contribution in [0.5, 0.6) is 0 Å². The number of rotatable bonds is 9. The topological polar surface area (TPSA) is 24.5 Å². The zero-order valence-corrected chi connectivity index (χ0v) is 12.8. The lowest BCUT2D eigenvalue weighted by Crippen LogP contribution is -2.37. The molecule has 0 heterocycles. The normalized spacial score (nSPS) is 12.9. The summed E-state index contributed by atoms with van der Waals surface area (Å²) in [7, 11) is 3.93. The van der Waals surface area contributed by atoms with E-state index in [9.17, 15) is 0 Å². The number of benzene rings is 1.